The van der Waals surface area contributed by atoms with Gasteiger partial charge in [-0.2, -0.15) is 0 Å². The van der Waals surface area contributed by atoms with Crippen LogP contribution in [0, 0.1) is 29.1 Å². The average Bonchev–Trinajstić information content (AvgIpc) is 3.10. The predicted molar refractivity (Wildman–Crippen MR) is 134 cm³/mol. The minimum Gasteiger partial charge on any atom is -0.444 e. The van der Waals surface area contributed by atoms with E-state index in [9.17, 15) is 24.0 Å². The molecule has 4 rings (SSSR count). The standard InChI is InChI=1S/C26H41N5O6/c1-25(2,3)37-24(36)30-16-9-7-6-8-13-11-28-21(33)14(13)10-17(20(27)32)29-22(34)19-18-15(26(18,4)5)12-31(19)23(16)35/h13-19H,6-12H2,1-5H3,(H2,27,32)(H,28,33)(H,29,34)(H,30,36)/t13-,14-,15-,16-,17-,18-,19-/m0/s1. The van der Waals surface area contributed by atoms with Crippen molar-refractivity contribution in [1.29, 1.82) is 0 Å². The molecule has 0 aromatic carbocycles. The molecule has 0 radical (unpaired) electrons. The molecule has 1 saturated carbocycles. The molecule has 0 unspecified atom stereocenters. The summed E-state index contributed by atoms with van der Waals surface area (Å²) in [6.07, 6.45) is 1.94. The van der Waals surface area contributed by atoms with Gasteiger partial charge in [0.25, 0.3) is 0 Å². The molecular weight excluding hydrogens is 478 g/mol. The lowest BCUT2D eigenvalue weighted by Gasteiger charge is -2.34. The van der Waals surface area contributed by atoms with Crippen molar-refractivity contribution in [2.75, 3.05) is 13.1 Å². The van der Waals surface area contributed by atoms with E-state index in [0.717, 1.165) is 6.42 Å². The van der Waals surface area contributed by atoms with E-state index in [2.05, 4.69) is 29.8 Å². The van der Waals surface area contributed by atoms with Gasteiger partial charge in [-0.3, -0.25) is 19.2 Å². The average molecular weight is 520 g/mol. The maximum absolute atomic E-state index is 13.8. The maximum atomic E-state index is 13.8. The normalized spacial score (nSPS) is 35.8. The van der Waals surface area contributed by atoms with Crippen molar-refractivity contribution in [1.82, 2.24) is 20.9 Å². The third-order valence-electron chi connectivity index (χ3n) is 8.66. The molecule has 206 valence electrons. The molecule has 3 aliphatic heterocycles. The molecule has 0 bridgehead atoms. The van der Waals surface area contributed by atoms with Crippen molar-refractivity contribution in [3.63, 3.8) is 0 Å². The summed E-state index contributed by atoms with van der Waals surface area (Å²) in [4.78, 5) is 66.5. The Bertz CT molecular complexity index is 975. The summed E-state index contributed by atoms with van der Waals surface area (Å²) in [6.45, 7) is 10.3. The van der Waals surface area contributed by atoms with E-state index >= 15 is 0 Å². The van der Waals surface area contributed by atoms with Gasteiger partial charge < -0.3 is 31.3 Å². The minimum atomic E-state index is -1.01. The number of alkyl carbamates (subject to hydrolysis) is 1. The van der Waals surface area contributed by atoms with Crippen molar-refractivity contribution in [3.8, 4) is 0 Å². The van der Waals surface area contributed by atoms with E-state index in [1.165, 1.54) is 0 Å². The van der Waals surface area contributed by atoms with Gasteiger partial charge in [-0.1, -0.05) is 26.7 Å². The number of rotatable bonds is 2. The van der Waals surface area contributed by atoms with Gasteiger partial charge in [0, 0.05) is 19.0 Å². The van der Waals surface area contributed by atoms with Crippen LogP contribution in [0.4, 0.5) is 4.79 Å². The molecular formula is C26H41N5O6. The molecule has 4 aliphatic rings. The monoisotopic (exact) mass is 519 g/mol. The summed E-state index contributed by atoms with van der Waals surface area (Å²) in [5.74, 6) is -1.96. The first-order chi connectivity index (χ1) is 17.2. The second-order valence-corrected chi connectivity index (χ2v) is 12.7. The van der Waals surface area contributed by atoms with Crippen LogP contribution in [0.3, 0.4) is 0 Å². The van der Waals surface area contributed by atoms with Crippen molar-refractivity contribution >= 4 is 29.7 Å². The van der Waals surface area contributed by atoms with Gasteiger partial charge >= 0.3 is 6.09 Å². The Hall–Kier alpha value is -2.85. The summed E-state index contributed by atoms with van der Waals surface area (Å²) in [5, 5.41) is 8.39. The Balaban J connectivity index is 1.62. The molecule has 0 aromatic heterocycles. The lowest BCUT2D eigenvalue weighted by molar-refractivity contribution is -0.143. The highest BCUT2D eigenvalue weighted by Gasteiger charge is 2.69. The highest BCUT2D eigenvalue weighted by atomic mass is 16.6. The van der Waals surface area contributed by atoms with Crippen LogP contribution in [-0.4, -0.2) is 71.4 Å². The molecule has 3 saturated heterocycles. The van der Waals surface area contributed by atoms with Crippen molar-refractivity contribution < 1.29 is 28.7 Å². The van der Waals surface area contributed by atoms with Crippen molar-refractivity contribution in [3.05, 3.63) is 0 Å². The number of fused-ring (bicyclic) bond motifs is 4. The highest BCUT2D eigenvalue weighted by Crippen LogP contribution is 2.65. The van der Waals surface area contributed by atoms with E-state index in [1.54, 1.807) is 25.7 Å². The third-order valence-corrected chi connectivity index (χ3v) is 8.66. The Kier molecular flexibility index (Phi) is 7.20. The lowest BCUT2D eigenvalue weighted by Crippen LogP contribution is -2.58. The molecule has 0 spiro atoms. The van der Waals surface area contributed by atoms with Crippen molar-refractivity contribution in [2.24, 2.45) is 34.8 Å². The number of ether oxygens (including phenoxy) is 1. The number of carbonyl (C=O) groups is 5. The predicted octanol–water partition coefficient (Wildman–Crippen LogP) is 0.659. The molecule has 11 heteroatoms. The SMILES string of the molecule is CC(C)(C)OC(=O)N[C@H]1CCCC[C@H]2CNC(=O)[C@H]2C[C@@H](C(N)=O)NC(=O)[C@@H]2[C@@H]3[C@H](CN2C1=O)C3(C)C. The van der Waals surface area contributed by atoms with Gasteiger partial charge in [-0.15, -0.1) is 0 Å². The van der Waals surface area contributed by atoms with E-state index < -0.39 is 47.6 Å². The summed E-state index contributed by atoms with van der Waals surface area (Å²) in [6, 6.07) is -2.64. The van der Waals surface area contributed by atoms with E-state index in [4.69, 9.17) is 10.5 Å². The Morgan fingerprint density at radius 1 is 1.11 bits per heavy atom. The molecule has 5 amide bonds. The second-order valence-electron chi connectivity index (χ2n) is 12.7. The highest BCUT2D eigenvalue weighted by molar-refractivity contribution is 5.95. The number of piperidine rings is 1. The second kappa shape index (κ2) is 9.79. The van der Waals surface area contributed by atoms with E-state index in [-0.39, 0.29) is 41.4 Å². The summed E-state index contributed by atoms with van der Waals surface area (Å²) >= 11 is 0. The molecule has 3 heterocycles. The smallest absolute Gasteiger partial charge is 0.408 e. The van der Waals surface area contributed by atoms with Gasteiger partial charge in [-0.25, -0.2) is 4.79 Å². The van der Waals surface area contributed by atoms with Crippen LogP contribution in [-0.2, 0) is 23.9 Å². The zero-order chi connectivity index (χ0) is 27.3. The fourth-order valence-corrected chi connectivity index (χ4v) is 6.55. The number of carbonyl (C=O) groups excluding carboxylic acids is 5. The van der Waals surface area contributed by atoms with E-state index in [0.29, 0.717) is 32.4 Å². The Morgan fingerprint density at radius 2 is 1.78 bits per heavy atom. The largest absolute Gasteiger partial charge is 0.444 e. The number of hydrogen-bond donors (Lipinski definition) is 4. The minimum absolute atomic E-state index is 0.00289. The van der Waals surface area contributed by atoms with Gasteiger partial charge in [0.1, 0.15) is 23.7 Å². The number of hydrogen-bond acceptors (Lipinski definition) is 6. The van der Waals surface area contributed by atoms with Gasteiger partial charge in [-0.05, 0) is 63.2 Å². The van der Waals surface area contributed by atoms with Crippen LogP contribution in [0.25, 0.3) is 0 Å². The zero-order valence-electron chi connectivity index (χ0n) is 22.5. The van der Waals surface area contributed by atoms with Crippen LogP contribution in [0.15, 0.2) is 0 Å². The number of nitrogens with two attached hydrogens (primary N) is 1. The molecule has 0 aromatic rings. The Morgan fingerprint density at radius 3 is 2.43 bits per heavy atom. The maximum Gasteiger partial charge on any atom is 0.408 e. The van der Waals surface area contributed by atoms with Crippen LogP contribution < -0.4 is 21.7 Å². The third kappa shape index (κ3) is 5.55. The van der Waals surface area contributed by atoms with Crippen LogP contribution in [0.5, 0.6) is 0 Å². The van der Waals surface area contributed by atoms with Gasteiger partial charge in [0.2, 0.25) is 23.6 Å². The first kappa shape index (κ1) is 27.2. The van der Waals surface area contributed by atoms with Gasteiger partial charge in [0.15, 0.2) is 0 Å². The number of nitrogens with one attached hydrogen (secondary N) is 3. The molecule has 37 heavy (non-hydrogen) atoms. The molecule has 4 fully saturated rings. The fraction of sp³-hybridized carbons (Fsp3) is 0.808. The first-order valence-electron chi connectivity index (χ1n) is 13.4. The van der Waals surface area contributed by atoms with Crippen LogP contribution >= 0.6 is 0 Å². The van der Waals surface area contributed by atoms with Gasteiger partial charge in [0.05, 0.1) is 0 Å². The Labute approximate surface area is 218 Å². The number of primary amides is 1. The van der Waals surface area contributed by atoms with E-state index in [1.807, 2.05) is 0 Å². The van der Waals surface area contributed by atoms with Crippen LogP contribution in [0.2, 0.25) is 0 Å². The van der Waals surface area contributed by atoms with Crippen molar-refractivity contribution in [2.45, 2.75) is 90.4 Å². The topological polar surface area (TPSA) is 160 Å². The number of nitrogens with zero attached hydrogens (tertiary/aromatic N) is 1. The lowest BCUT2D eigenvalue weighted by atomic mass is 9.85. The van der Waals surface area contributed by atoms with Crippen LogP contribution in [0.1, 0.15) is 66.7 Å². The quantitative estimate of drug-likeness (QED) is 0.419. The number of amides is 5. The zero-order valence-corrected chi connectivity index (χ0v) is 22.5. The fourth-order valence-electron chi connectivity index (χ4n) is 6.55. The molecule has 11 nitrogen and oxygen atoms in total. The molecule has 7 atom stereocenters. The molecule has 5 N–H and O–H groups in total. The summed E-state index contributed by atoms with van der Waals surface area (Å²) in [5.41, 5.74) is 4.80. The summed E-state index contributed by atoms with van der Waals surface area (Å²) < 4.78 is 5.41. The molecule has 1 aliphatic carbocycles. The first-order valence-corrected chi connectivity index (χ1v) is 13.4. The summed E-state index contributed by atoms with van der Waals surface area (Å²) in [7, 11) is 0.